The van der Waals surface area contributed by atoms with Crippen LogP contribution < -0.4 is 5.32 Å². The van der Waals surface area contributed by atoms with E-state index >= 15 is 0 Å². The fourth-order valence-corrected chi connectivity index (χ4v) is 5.00. The average Bonchev–Trinajstić information content (AvgIpc) is 3.27. The lowest BCUT2D eigenvalue weighted by Crippen LogP contribution is -2.47. The van der Waals surface area contributed by atoms with Gasteiger partial charge in [-0.1, -0.05) is 11.6 Å². The molecule has 3 N–H and O–H groups in total. The summed E-state index contributed by atoms with van der Waals surface area (Å²) in [5.74, 6) is -0.284. The van der Waals surface area contributed by atoms with Gasteiger partial charge in [0.05, 0.1) is 30.5 Å². The molecular weight excluding hydrogens is 444 g/mol. The lowest BCUT2D eigenvalue weighted by molar-refractivity contribution is -0.110. The summed E-state index contributed by atoms with van der Waals surface area (Å²) in [6, 6.07) is 5.29. The maximum Gasteiger partial charge on any atom is 0.256 e. The van der Waals surface area contributed by atoms with Crippen molar-refractivity contribution in [2.45, 2.75) is 19.4 Å². The zero-order valence-corrected chi connectivity index (χ0v) is 19.2. The van der Waals surface area contributed by atoms with E-state index in [1.54, 1.807) is 29.2 Å². The summed E-state index contributed by atoms with van der Waals surface area (Å²) in [7, 11) is 0. The second-order valence-electron chi connectivity index (χ2n) is 8.79. The Kier molecular flexibility index (Phi) is 6.01. The van der Waals surface area contributed by atoms with Crippen LogP contribution in [0.1, 0.15) is 32.9 Å². The lowest BCUT2D eigenvalue weighted by atomic mass is 10.0. The molecule has 1 aromatic heterocycles. The maximum absolute atomic E-state index is 13.3. The molecule has 1 unspecified atom stereocenters. The Morgan fingerprint density at radius 1 is 1.21 bits per heavy atom. The predicted octanol–water partition coefficient (Wildman–Crippen LogP) is 2.16. The molecule has 8 nitrogen and oxygen atoms in total. The summed E-state index contributed by atoms with van der Waals surface area (Å²) in [5, 5.41) is 14.0. The summed E-state index contributed by atoms with van der Waals surface area (Å²) >= 11 is 6.14. The van der Waals surface area contributed by atoms with Gasteiger partial charge in [0.1, 0.15) is 0 Å². The number of fused-ring (bicyclic) bond motifs is 2. The number of aliphatic hydroxyl groups excluding tert-OH is 1. The molecule has 3 aliphatic heterocycles. The Labute approximate surface area is 197 Å². The third-order valence-corrected chi connectivity index (χ3v) is 6.79. The summed E-state index contributed by atoms with van der Waals surface area (Å²) < 4.78 is 5.35. The normalized spacial score (nSPS) is 20.7. The van der Waals surface area contributed by atoms with E-state index < -0.39 is 6.10 Å². The maximum atomic E-state index is 13.3. The zero-order chi connectivity index (χ0) is 23.1. The lowest BCUT2D eigenvalue weighted by Gasteiger charge is -2.32. The van der Waals surface area contributed by atoms with Crippen LogP contribution in [0.3, 0.4) is 0 Å². The quantitative estimate of drug-likeness (QED) is 0.582. The second kappa shape index (κ2) is 8.95. The number of halogens is 1. The highest BCUT2D eigenvalue weighted by Gasteiger charge is 2.31. The van der Waals surface area contributed by atoms with Gasteiger partial charge in [-0.3, -0.25) is 14.5 Å². The van der Waals surface area contributed by atoms with Gasteiger partial charge in [-0.15, -0.1) is 0 Å². The van der Waals surface area contributed by atoms with E-state index in [2.05, 4.69) is 15.2 Å². The summed E-state index contributed by atoms with van der Waals surface area (Å²) in [5.41, 5.74) is 5.03. The van der Waals surface area contributed by atoms with Gasteiger partial charge >= 0.3 is 0 Å². The van der Waals surface area contributed by atoms with Crippen molar-refractivity contribution in [3.8, 4) is 0 Å². The predicted molar refractivity (Wildman–Crippen MR) is 126 cm³/mol. The summed E-state index contributed by atoms with van der Waals surface area (Å²) in [4.78, 5) is 33.0. The number of β-amino-alcohol motifs (C(OH)–C–C–N with tert-alkyl or cyclic N) is 1. The number of anilines is 1. The molecule has 2 amide bonds. The van der Waals surface area contributed by atoms with E-state index in [4.69, 9.17) is 16.3 Å². The highest BCUT2D eigenvalue weighted by atomic mass is 35.5. The van der Waals surface area contributed by atoms with Crippen LogP contribution in [0.5, 0.6) is 0 Å². The number of hydrogen-bond donors (Lipinski definition) is 3. The molecule has 0 radical (unpaired) electrons. The number of aromatic nitrogens is 1. The number of ether oxygens (including phenoxy) is 1. The molecule has 1 aromatic carbocycles. The van der Waals surface area contributed by atoms with E-state index in [1.165, 1.54) is 0 Å². The summed E-state index contributed by atoms with van der Waals surface area (Å²) in [6.07, 6.45) is 1.85. The number of rotatable bonds is 5. The van der Waals surface area contributed by atoms with Crippen molar-refractivity contribution in [1.82, 2.24) is 14.8 Å². The van der Waals surface area contributed by atoms with Crippen molar-refractivity contribution >= 4 is 40.8 Å². The molecule has 4 heterocycles. The first-order valence-corrected chi connectivity index (χ1v) is 11.6. The van der Waals surface area contributed by atoms with Crippen molar-refractivity contribution in [2.24, 2.45) is 0 Å². The first-order chi connectivity index (χ1) is 15.9. The SMILES string of the molecule is Cc1c(C=C2C(=O)Nc3ccc(Cl)cc32)[nH]c2c1C(=O)N(CC(O)CN1CCOCC1)CC2. The Morgan fingerprint density at radius 2 is 2.00 bits per heavy atom. The summed E-state index contributed by atoms with van der Waals surface area (Å²) in [6.45, 7) is 6.20. The van der Waals surface area contributed by atoms with Crippen molar-refractivity contribution < 1.29 is 19.4 Å². The number of benzene rings is 1. The number of morpholine rings is 1. The Bertz CT molecular complexity index is 1140. The third-order valence-electron chi connectivity index (χ3n) is 6.56. The minimum Gasteiger partial charge on any atom is -0.390 e. The van der Waals surface area contributed by atoms with Crippen molar-refractivity contribution in [2.75, 3.05) is 51.3 Å². The molecule has 9 heteroatoms. The molecule has 33 heavy (non-hydrogen) atoms. The molecule has 0 aliphatic carbocycles. The number of hydrogen-bond acceptors (Lipinski definition) is 5. The van der Waals surface area contributed by atoms with Crippen LogP contribution in [0.15, 0.2) is 18.2 Å². The number of aliphatic hydroxyl groups is 1. The van der Waals surface area contributed by atoms with Crippen LogP contribution in [0.4, 0.5) is 5.69 Å². The highest BCUT2D eigenvalue weighted by molar-refractivity contribution is 6.36. The van der Waals surface area contributed by atoms with Gasteiger partial charge in [0.2, 0.25) is 0 Å². The van der Waals surface area contributed by atoms with Crippen LogP contribution >= 0.6 is 11.6 Å². The molecule has 0 saturated carbocycles. The number of aromatic amines is 1. The molecule has 1 fully saturated rings. The number of nitrogens with zero attached hydrogens (tertiary/aromatic N) is 2. The van der Waals surface area contributed by atoms with Gasteiger partial charge in [0.25, 0.3) is 11.8 Å². The van der Waals surface area contributed by atoms with Crippen molar-refractivity contribution in [3.05, 3.63) is 51.3 Å². The second-order valence-corrected chi connectivity index (χ2v) is 9.22. The van der Waals surface area contributed by atoms with Crippen LogP contribution in [0.2, 0.25) is 5.02 Å². The molecular formula is C24H27ClN4O4. The zero-order valence-electron chi connectivity index (χ0n) is 18.5. The standard InChI is InChI=1S/C24H27ClN4O4/c1-14-21(11-18-17-10-15(25)2-3-19(17)27-23(18)31)26-20-4-5-29(24(32)22(14)20)13-16(30)12-28-6-8-33-9-7-28/h2-3,10-11,16,26,30H,4-9,12-13H2,1H3,(H,27,31). The van der Waals surface area contributed by atoms with E-state index in [-0.39, 0.29) is 11.8 Å². The minimum absolute atomic E-state index is 0.0880. The molecule has 1 saturated heterocycles. The number of nitrogens with one attached hydrogen (secondary N) is 2. The van der Waals surface area contributed by atoms with Gasteiger partial charge in [0, 0.05) is 66.8 Å². The average molecular weight is 471 g/mol. The fraction of sp³-hybridized carbons (Fsp3) is 0.417. The first-order valence-electron chi connectivity index (χ1n) is 11.2. The van der Waals surface area contributed by atoms with Crippen LogP contribution in [-0.2, 0) is 16.0 Å². The largest absolute Gasteiger partial charge is 0.390 e. The van der Waals surface area contributed by atoms with Crippen LogP contribution in [-0.4, -0.2) is 83.7 Å². The van der Waals surface area contributed by atoms with Crippen molar-refractivity contribution in [3.63, 3.8) is 0 Å². The van der Waals surface area contributed by atoms with Gasteiger partial charge in [-0.2, -0.15) is 0 Å². The van der Waals surface area contributed by atoms with Gasteiger partial charge in [-0.05, 0) is 36.8 Å². The number of amides is 2. The molecule has 5 rings (SSSR count). The molecule has 3 aliphatic rings. The molecule has 1 atom stereocenters. The van der Waals surface area contributed by atoms with E-state index in [0.29, 0.717) is 55.4 Å². The van der Waals surface area contributed by atoms with Crippen LogP contribution in [0, 0.1) is 6.92 Å². The Hall–Kier alpha value is -2.65. The van der Waals surface area contributed by atoms with Gasteiger partial charge in [0.15, 0.2) is 0 Å². The van der Waals surface area contributed by atoms with E-state index in [0.717, 1.165) is 41.3 Å². The first kappa shape index (κ1) is 22.2. The molecule has 2 aromatic rings. The fourth-order valence-electron chi connectivity index (χ4n) is 4.82. The molecule has 0 spiro atoms. The highest BCUT2D eigenvalue weighted by Crippen LogP contribution is 2.36. The smallest absolute Gasteiger partial charge is 0.256 e. The minimum atomic E-state index is -0.613. The third kappa shape index (κ3) is 4.31. The van der Waals surface area contributed by atoms with Gasteiger partial charge < -0.3 is 25.0 Å². The number of carbonyl (C=O) groups is 2. The Morgan fingerprint density at radius 3 is 2.79 bits per heavy atom. The van der Waals surface area contributed by atoms with E-state index in [9.17, 15) is 14.7 Å². The topological polar surface area (TPSA) is 97.9 Å². The van der Waals surface area contributed by atoms with Gasteiger partial charge in [-0.25, -0.2) is 0 Å². The van der Waals surface area contributed by atoms with Crippen molar-refractivity contribution in [1.29, 1.82) is 0 Å². The number of carbonyl (C=O) groups excluding carboxylic acids is 2. The van der Waals surface area contributed by atoms with Crippen LogP contribution in [0.25, 0.3) is 11.6 Å². The molecule has 0 bridgehead atoms. The molecule has 174 valence electrons. The monoisotopic (exact) mass is 470 g/mol. The van der Waals surface area contributed by atoms with E-state index in [1.807, 2.05) is 6.92 Å². The number of H-pyrrole nitrogens is 1. The Balaban J connectivity index is 1.35.